The van der Waals surface area contributed by atoms with E-state index in [1.807, 2.05) is 12.1 Å². The van der Waals surface area contributed by atoms with E-state index >= 15 is 0 Å². The average Bonchev–Trinajstić information content (AvgIpc) is 2.50. The van der Waals surface area contributed by atoms with Crippen LogP contribution >= 0.6 is 27.5 Å². The molecule has 1 heterocycles. The smallest absolute Gasteiger partial charge is 0.143 e. The summed E-state index contributed by atoms with van der Waals surface area (Å²) < 4.78 is 6.12. The first-order chi connectivity index (χ1) is 10.2. The molecule has 0 amide bonds. The number of aryl methyl sites for hydroxylation is 1. The zero-order valence-corrected chi connectivity index (χ0v) is 14.0. The Morgan fingerprint density at radius 3 is 2.95 bits per heavy atom. The van der Waals surface area contributed by atoms with Crippen LogP contribution < -0.4 is 10.1 Å². The second kappa shape index (κ2) is 6.24. The van der Waals surface area contributed by atoms with Crippen LogP contribution in [0.1, 0.15) is 17.5 Å². The molecule has 21 heavy (non-hydrogen) atoms. The number of methoxy groups -OCH3 is 1. The Labute approximate surface area is 137 Å². The number of hydrogen-bond donors (Lipinski definition) is 1. The molecule has 110 valence electrons. The fourth-order valence-corrected chi connectivity index (χ4v) is 3.17. The predicted octanol–water partition coefficient (Wildman–Crippen LogP) is 4.48. The third kappa shape index (κ3) is 3.33. The summed E-state index contributed by atoms with van der Waals surface area (Å²) in [5.74, 6) is 0.922. The Balaban J connectivity index is 1.74. The van der Waals surface area contributed by atoms with E-state index in [0.29, 0.717) is 11.2 Å². The first-order valence-corrected chi connectivity index (χ1v) is 8.06. The highest BCUT2D eigenvalue weighted by molar-refractivity contribution is 9.10. The number of aromatic nitrogens is 1. The van der Waals surface area contributed by atoms with Crippen LogP contribution in [0, 0.1) is 0 Å². The highest BCUT2D eigenvalue weighted by Crippen LogP contribution is 2.28. The first kappa shape index (κ1) is 14.7. The molecule has 1 aromatic carbocycles. The lowest BCUT2D eigenvalue weighted by Gasteiger charge is -2.26. The minimum atomic E-state index is 0.402. The van der Waals surface area contributed by atoms with Gasteiger partial charge in [0, 0.05) is 6.04 Å². The van der Waals surface area contributed by atoms with Gasteiger partial charge in [0.2, 0.25) is 0 Å². The monoisotopic (exact) mass is 366 g/mol. The van der Waals surface area contributed by atoms with E-state index < -0.39 is 0 Å². The molecule has 1 aliphatic carbocycles. The van der Waals surface area contributed by atoms with Crippen LogP contribution in [-0.2, 0) is 12.8 Å². The molecule has 0 radical (unpaired) electrons. The molecule has 1 atom stereocenters. The van der Waals surface area contributed by atoms with Crippen LogP contribution in [0.25, 0.3) is 0 Å². The molecule has 0 aliphatic heterocycles. The number of hydrogen-bond acceptors (Lipinski definition) is 3. The summed E-state index contributed by atoms with van der Waals surface area (Å²) in [4.78, 5) is 4.15. The highest BCUT2D eigenvalue weighted by atomic mass is 79.9. The van der Waals surface area contributed by atoms with Crippen molar-refractivity contribution in [3.05, 3.63) is 51.2 Å². The summed E-state index contributed by atoms with van der Waals surface area (Å²) in [6.07, 6.45) is 4.96. The highest BCUT2D eigenvalue weighted by Gasteiger charge is 2.19. The summed E-state index contributed by atoms with van der Waals surface area (Å²) in [6, 6.07) is 8.72. The van der Waals surface area contributed by atoms with Crippen LogP contribution in [0.2, 0.25) is 5.15 Å². The Bertz CT molecular complexity index is 663. The Morgan fingerprint density at radius 1 is 1.33 bits per heavy atom. The third-order valence-corrected chi connectivity index (χ3v) is 4.94. The van der Waals surface area contributed by atoms with E-state index in [-0.39, 0.29) is 0 Å². The Hall–Kier alpha value is -1.26. The van der Waals surface area contributed by atoms with Crippen LogP contribution in [0.15, 0.2) is 34.9 Å². The standard InChI is InChI=1S/C16H16BrClN2O/c1-21-14-5-3-10-2-4-12(6-11(10)7-14)20-13-8-15(17)16(18)19-9-13/h3,5,7-9,12,20H,2,4,6H2,1H3. The van der Waals surface area contributed by atoms with Gasteiger partial charge in [0.1, 0.15) is 10.9 Å². The van der Waals surface area contributed by atoms with Gasteiger partial charge in [-0.05, 0) is 64.5 Å². The molecule has 2 aromatic rings. The normalized spacial score (nSPS) is 17.2. The number of nitrogens with one attached hydrogen (secondary N) is 1. The first-order valence-electron chi connectivity index (χ1n) is 6.89. The number of fused-ring (bicyclic) bond motifs is 1. The molecule has 0 bridgehead atoms. The van der Waals surface area contributed by atoms with Crippen molar-refractivity contribution in [3.8, 4) is 5.75 Å². The largest absolute Gasteiger partial charge is 0.497 e. The van der Waals surface area contributed by atoms with Gasteiger partial charge in [0.25, 0.3) is 0 Å². The lowest BCUT2D eigenvalue weighted by Crippen LogP contribution is -2.27. The maximum Gasteiger partial charge on any atom is 0.143 e. The minimum absolute atomic E-state index is 0.402. The topological polar surface area (TPSA) is 34.1 Å². The van der Waals surface area contributed by atoms with Gasteiger partial charge in [-0.1, -0.05) is 17.7 Å². The van der Waals surface area contributed by atoms with Gasteiger partial charge < -0.3 is 10.1 Å². The summed E-state index contributed by atoms with van der Waals surface area (Å²) in [5, 5.41) is 4.02. The van der Waals surface area contributed by atoms with E-state index in [2.05, 4.69) is 38.4 Å². The summed E-state index contributed by atoms with van der Waals surface area (Å²) in [7, 11) is 1.71. The van der Waals surface area contributed by atoms with Crippen molar-refractivity contribution in [3.63, 3.8) is 0 Å². The van der Waals surface area contributed by atoms with Gasteiger partial charge in [-0.2, -0.15) is 0 Å². The van der Waals surface area contributed by atoms with Crippen molar-refractivity contribution in [1.82, 2.24) is 4.98 Å². The van der Waals surface area contributed by atoms with Gasteiger partial charge in [0.05, 0.1) is 23.5 Å². The average molecular weight is 368 g/mol. The van der Waals surface area contributed by atoms with E-state index in [1.54, 1.807) is 13.3 Å². The molecule has 1 aromatic heterocycles. The van der Waals surface area contributed by atoms with Crippen molar-refractivity contribution in [2.45, 2.75) is 25.3 Å². The van der Waals surface area contributed by atoms with Crippen molar-refractivity contribution < 1.29 is 4.74 Å². The zero-order valence-electron chi connectivity index (χ0n) is 11.7. The molecule has 3 nitrogen and oxygen atoms in total. The number of nitrogens with zero attached hydrogens (tertiary/aromatic N) is 1. The van der Waals surface area contributed by atoms with Crippen molar-refractivity contribution >= 4 is 33.2 Å². The zero-order chi connectivity index (χ0) is 14.8. The predicted molar refractivity (Wildman–Crippen MR) is 89.4 cm³/mol. The Morgan fingerprint density at radius 2 is 2.19 bits per heavy atom. The Kier molecular flexibility index (Phi) is 4.36. The number of halogens is 2. The number of benzene rings is 1. The molecule has 3 rings (SSSR count). The van der Waals surface area contributed by atoms with Gasteiger partial charge in [-0.3, -0.25) is 0 Å². The van der Waals surface area contributed by atoms with Gasteiger partial charge in [0.15, 0.2) is 0 Å². The van der Waals surface area contributed by atoms with Crippen molar-refractivity contribution in [2.75, 3.05) is 12.4 Å². The second-order valence-corrected chi connectivity index (χ2v) is 6.43. The van der Waals surface area contributed by atoms with Gasteiger partial charge >= 0.3 is 0 Å². The molecule has 1 aliphatic rings. The molecular formula is C16H16BrClN2O. The van der Waals surface area contributed by atoms with Crippen molar-refractivity contribution in [2.24, 2.45) is 0 Å². The molecule has 0 fully saturated rings. The van der Waals surface area contributed by atoms with E-state index in [9.17, 15) is 0 Å². The van der Waals surface area contributed by atoms with Gasteiger partial charge in [-0.15, -0.1) is 0 Å². The molecule has 5 heteroatoms. The van der Waals surface area contributed by atoms with Gasteiger partial charge in [-0.25, -0.2) is 4.98 Å². The number of anilines is 1. The summed E-state index contributed by atoms with van der Waals surface area (Å²) in [6.45, 7) is 0. The lowest BCUT2D eigenvalue weighted by molar-refractivity contribution is 0.413. The van der Waals surface area contributed by atoms with E-state index in [1.165, 1.54) is 11.1 Å². The lowest BCUT2D eigenvalue weighted by atomic mass is 9.88. The van der Waals surface area contributed by atoms with Crippen LogP contribution in [0.4, 0.5) is 5.69 Å². The van der Waals surface area contributed by atoms with E-state index in [4.69, 9.17) is 16.3 Å². The number of rotatable bonds is 3. The summed E-state index contributed by atoms with van der Waals surface area (Å²) in [5.41, 5.74) is 3.77. The molecule has 1 unspecified atom stereocenters. The maximum atomic E-state index is 5.92. The van der Waals surface area contributed by atoms with E-state index in [0.717, 1.165) is 35.2 Å². The fourth-order valence-electron chi connectivity index (χ4n) is 2.72. The summed E-state index contributed by atoms with van der Waals surface area (Å²) >= 11 is 9.33. The van der Waals surface area contributed by atoms with Crippen LogP contribution in [0.5, 0.6) is 5.75 Å². The third-order valence-electron chi connectivity index (χ3n) is 3.81. The second-order valence-electron chi connectivity index (χ2n) is 5.22. The maximum absolute atomic E-state index is 5.92. The minimum Gasteiger partial charge on any atom is -0.497 e. The molecular weight excluding hydrogens is 352 g/mol. The SMILES string of the molecule is COc1ccc2c(c1)CC(Nc1cnc(Cl)c(Br)c1)CC2. The molecule has 1 N–H and O–H groups in total. The number of ether oxygens (including phenoxy) is 1. The van der Waals surface area contributed by atoms with Crippen molar-refractivity contribution in [1.29, 1.82) is 0 Å². The quantitative estimate of drug-likeness (QED) is 0.812. The molecule has 0 spiro atoms. The molecule has 0 saturated heterocycles. The number of pyridine rings is 1. The van der Waals surface area contributed by atoms with Crippen LogP contribution in [0.3, 0.4) is 0 Å². The van der Waals surface area contributed by atoms with Crippen LogP contribution in [-0.4, -0.2) is 18.1 Å². The molecule has 0 saturated carbocycles. The fraction of sp³-hybridized carbons (Fsp3) is 0.312.